The van der Waals surface area contributed by atoms with Gasteiger partial charge in [-0.2, -0.15) is 10.2 Å². The van der Waals surface area contributed by atoms with Crippen LogP contribution >= 0.6 is 0 Å². The number of aromatic amines is 1. The molecule has 7 nitrogen and oxygen atoms in total. The van der Waals surface area contributed by atoms with Gasteiger partial charge in [-0.15, -0.1) is 0 Å². The van der Waals surface area contributed by atoms with E-state index in [-0.39, 0.29) is 5.91 Å². The molecule has 0 saturated heterocycles. The average Bonchev–Trinajstić information content (AvgIpc) is 3.08. The van der Waals surface area contributed by atoms with Crippen LogP contribution < -0.4 is 0 Å². The summed E-state index contributed by atoms with van der Waals surface area (Å²) in [7, 11) is 3.66. The van der Waals surface area contributed by atoms with Crippen LogP contribution in [0, 0.1) is 0 Å². The third kappa shape index (κ3) is 2.90. The van der Waals surface area contributed by atoms with E-state index in [0.29, 0.717) is 12.1 Å². The molecule has 130 valence electrons. The summed E-state index contributed by atoms with van der Waals surface area (Å²) in [5.41, 5.74) is 5.75. The molecule has 0 aliphatic heterocycles. The minimum atomic E-state index is -0.0547. The third-order valence-electron chi connectivity index (χ3n) is 4.97. The highest BCUT2D eigenvalue weighted by Gasteiger charge is 2.20. The zero-order chi connectivity index (χ0) is 17.4. The van der Waals surface area contributed by atoms with E-state index in [1.54, 1.807) is 22.0 Å². The molecule has 25 heavy (non-hydrogen) atoms. The van der Waals surface area contributed by atoms with E-state index in [2.05, 4.69) is 20.3 Å². The number of hydrogen-bond donors (Lipinski definition) is 1. The molecule has 0 atom stereocenters. The maximum Gasteiger partial charge on any atom is 0.255 e. The highest BCUT2D eigenvalue weighted by molar-refractivity contribution is 5.96. The summed E-state index contributed by atoms with van der Waals surface area (Å²) < 4.78 is 1.73. The first-order valence-electron chi connectivity index (χ1n) is 8.71. The molecule has 1 aliphatic carbocycles. The second-order valence-corrected chi connectivity index (χ2v) is 6.75. The van der Waals surface area contributed by atoms with Gasteiger partial charge in [0.15, 0.2) is 0 Å². The molecule has 0 aromatic carbocycles. The summed E-state index contributed by atoms with van der Waals surface area (Å²) in [5, 5.41) is 11.8. The van der Waals surface area contributed by atoms with Crippen LogP contribution in [-0.4, -0.2) is 42.8 Å². The molecule has 0 unspecified atom stereocenters. The van der Waals surface area contributed by atoms with Crippen molar-refractivity contribution < 1.29 is 4.79 Å². The molecule has 1 amide bonds. The number of nitrogens with zero attached hydrogens (tertiary/aromatic N) is 5. The number of carbonyl (C=O) groups is 1. The van der Waals surface area contributed by atoms with Crippen molar-refractivity contribution in [1.29, 1.82) is 0 Å². The predicted octanol–water partition coefficient (Wildman–Crippen LogP) is 2.23. The maximum atomic E-state index is 12.8. The van der Waals surface area contributed by atoms with Crippen molar-refractivity contribution in [2.24, 2.45) is 7.05 Å². The Hall–Kier alpha value is -2.70. The summed E-state index contributed by atoms with van der Waals surface area (Å²) in [6.45, 7) is 0.508. The first kappa shape index (κ1) is 15.8. The number of carbonyl (C=O) groups excluding carboxylic acids is 1. The van der Waals surface area contributed by atoms with Gasteiger partial charge >= 0.3 is 0 Å². The lowest BCUT2D eigenvalue weighted by atomic mass is 10.1. The molecule has 1 N–H and O–H groups in total. The van der Waals surface area contributed by atoms with E-state index < -0.39 is 0 Å². The number of H-pyrrole nitrogens is 1. The summed E-state index contributed by atoms with van der Waals surface area (Å²) in [5.74, 6) is -0.0547. The zero-order valence-electron chi connectivity index (χ0n) is 14.6. The Morgan fingerprint density at radius 2 is 2.12 bits per heavy atom. The monoisotopic (exact) mass is 338 g/mol. The lowest BCUT2D eigenvalue weighted by molar-refractivity contribution is 0.0783. The average molecular weight is 338 g/mol. The van der Waals surface area contributed by atoms with Gasteiger partial charge in [0.2, 0.25) is 0 Å². The van der Waals surface area contributed by atoms with Crippen LogP contribution in [0.3, 0.4) is 0 Å². The molecule has 3 aromatic rings. The topological polar surface area (TPSA) is 79.7 Å². The van der Waals surface area contributed by atoms with Crippen molar-refractivity contribution in [2.45, 2.75) is 38.6 Å². The number of fused-ring (bicyclic) bond motifs is 2. The summed E-state index contributed by atoms with van der Waals surface area (Å²) >= 11 is 0. The van der Waals surface area contributed by atoms with Crippen LogP contribution in [0.2, 0.25) is 0 Å². The van der Waals surface area contributed by atoms with Crippen molar-refractivity contribution in [3.05, 3.63) is 41.0 Å². The van der Waals surface area contributed by atoms with Crippen LogP contribution in [0.1, 0.15) is 46.6 Å². The maximum absolute atomic E-state index is 12.8. The van der Waals surface area contributed by atoms with Crippen molar-refractivity contribution >= 4 is 16.9 Å². The second kappa shape index (κ2) is 6.31. The predicted molar refractivity (Wildman–Crippen MR) is 94.2 cm³/mol. The van der Waals surface area contributed by atoms with Gasteiger partial charge in [0.1, 0.15) is 5.52 Å². The first-order valence-corrected chi connectivity index (χ1v) is 8.71. The Kier molecular flexibility index (Phi) is 3.99. The van der Waals surface area contributed by atoms with E-state index in [1.165, 1.54) is 30.5 Å². The number of aromatic nitrogens is 5. The lowest BCUT2D eigenvalue weighted by Gasteiger charge is -2.17. The number of nitrogens with one attached hydrogen (secondary N) is 1. The van der Waals surface area contributed by atoms with Crippen molar-refractivity contribution in [3.8, 4) is 0 Å². The van der Waals surface area contributed by atoms with Crippen molar-refractivity contribution in [3.63, 3.8) is 0 Å². The second-order valence-electron chi connectivity index (χ2n) is 6.75. The fourth-order valence-corrected chi connectivity index (χ4v) is 3.52. The molecule has 3 heterocycles. The Balaban J connectivity index is 1.56. The molecule has 3 aromatic heterocycles. The minimum absolute atomic E-state index is 0.0547. The van der Waals surface area contributed by atoms with Crippen LogP contribution in [-0.2, 0) is 26.4 Å². The van der Waals surface area contributed by atoms with Gasteiger partial charge in [-0.3, -0.25) is 19.6 Å². The van der Waals surface area contributed by atoms with E-state index in [9.17, 15) is 4.79 Å². The Morgan fingerprint density at radius 1 is 1.28 bits per heavy atom. The van der Waals surface area contributed by atoms with Gasteiger partial charge in [0, 0.05) is 26.0 Å². The van der Waals surface area contributed by atoms with Crippen LogP contribution in [0.4, 0.5) is 0 Å². The molecule has 0 radical (unpaired) electrons. The molecule has 7 heteroatoms. The standard InChI is InChI=1S/C18H22N6O/c1-23(11-16-13-6-4-3-5-7-14(13)21-22-16)18(25)12-8-17-15(19-9-12)10-20-24(17)2/h8-10H,3-7,11H2,1-2H3,(H,21,22). The van der Waals surface area contributed by atoms with E-state index in [4.69, 9.17) is 0 Å². The number of pyridine rings is 1. The molecular formula is C18H22N6O. The van der Waals surface area contributed by atoms with Crippen LogP contribution in [0.5, 0.6) is 0 Å². The van der Waals surface area contributed by atoms with Crippen molar-refractivity contribution in [1.82, 2.24) is 29.9 Å². The Morgan fingerprint density at radius 3 is 3.00 bits per heavy atom. The molecule has 1 aliphatic rings. The van der Waals surface area contributed by atoms with E-state index >= 15 is 0 Å². The van der Waals surface area contributed by atoms with Gasteiger partial charge in [-0.1, -0.05) is 6.42 Å². The molecule has 0 bridgehead atoms. The normalized spacial score (nSPS) is 14.3. The van der Waals surface area contributed by atoms with Gasteiger partial charge in [-0.05, 0) is 37.3 Å². The molecule has 0 fully saturated rings. The summed E-state index contributed by atoms with van der Waals surface area (Å²) in [4.78, 5) is 18.8. The van der Waals surface area contributed by atoms with Gasteiger partial charge in [0.25, 0.3) is 5.91 Å². The first-order chi connectivity index (χ1) is 12.1. The highest BCUT2D eigenvalue weighted by Crippen LogP contribution is 2.23. The quantitative estimate of drug-likeness (QED) is 0.743. The van der Waals surface area contributed by atoms with Crippen LogP contribution in [0.25, 0.3) is 11.0 Å². The van der Waals surface area contributed by atoms with Crippen LogP contribution in [0.15, 0.2) is 18.5 Å². The van der Waals surface area contributed by atoms with Gasteiger partial charge < -0.3 is 4.90 Å². The minimum Gasteiger partial charge on any atom is -0.336 e. The highest BCUT2D eigenvalue weighted by atomic mass is 16.2. The van der Waals surface area contributed by atoms with Crippen molar-refractivity contribution in [2.75, 3.05) is 7.05 Å². The summed E-state index contributed by atoms with van der Waals surface area (Å²) in [6.07, 6.45) is 9.08. The molecule has 4 rings (SSSR count). The smallest absolute Gasteiger partial charge is 0.255 e. The lowest BCUT2D eigenvalue weighted by Crippen LogP contribution is -2.27. The largest absolute Gasteiger partial charge is 0.336 e. The number of hydrogen-bond acceptors (Lipinski definition) is 4. The molecule has 0 saturated carbocycles. The summed E-state index contributed by atoms with van der Waals surface area (Å²) in [6, 6.07) is 1.85. The molecule has 0 spiro atoms. The zero-order valence-corrected chi connectivity index (χ0v) is 14.6. The molecular weight excluding hydrogens is 316 g/mol. The van der Waals surface area contributed by atoms with E-state index in [0.717, 1.165) is 29.6 Å². The number of aryl methyl sites for hydroxylation is 2. The number of amides is 1. The van der Waals surface area contributed by atoms with E-state index in [1.807, 2.05) is 20.2 Å². The fraction of sp³-hybridized carbons (Fsp3) is 0.444. The van der Waals surface area contributed by atoms with Gasteiger partial charge in [-0.25, -0.2) is 0 Å². The Labute approximate surface area is 146 Å². The number of rotatable bonds is 3. The third-order valence-corrected chi connectivity index (χ3v) is 4.97. The fourth-order valence-electron chi connectivity index (χ4n) is 3.52. The SMILES string of the molecule is CN(Cc1n[nH]c2c1CCCCC2)C(=O)c1cnc2cnn(C)c2c1. The Bertz CT molecular complexity index is 925. The van der Waals surface area contributed by atoms with Gasteiger partial charge in [0.05, 0.1) is 29.5 Å².